The molecule has 1 unspecified atom stereocenters. The van der Waals surface area contributed by atoms with Crippen molar-refractivity contribution in [2.45, 2.75) is 32.6 Å². The molecule has 1 aromatic carbocycles. The molecule has 14 heavy (non-hydrogen) atoms. The number of benzene rings is 1. The third-order valence-corrected chi connectivity index (χ3v) is 3.35. The highest BCUT2D eigenvalue weighted by molar-refractivity contribution is 7.99. The van der Waals surface area contributed by atoms with E-state index >= 15 is 0 Å². The van der Waals surface area contributed by atoms with Crippen LogP contribution >= 0.6 is 0 Å². The second kappa shape index (κ2) is 5.20. The van der Waals surface area contributed by atoms with Gasteiger partial charge in [0.1, 0.15) is 0 Å². The standard InChI is InChI=1S/C10H14OS.C2H6/c1-8-6-5-7-9(2)10(8)12(3,4)11;1-2/h5-7H,3H2,1-2,4H3;1-2H3. The minimum absolute atomic E-state index is 0.907. The number of hydrogen-bond donors (Lipinski definition) is 0. The van der Waals surface area contributed by atoms with Gasteiger partial charge < -0.3 is 0 Å². The fourth-order valence-corrected chi connectivity index (χ4v) is 2.98. The van der Waals surface area contributed by atoms with Gasteiger partial charge in [-0.2, -0.15) is 0 Å². The Bertz CT molecular complexity index is 369. The lowest BCUT2D eigenvalue weighted by Gasteiger charge is -2.09. The molecule has 1 aromatic rings. The molecule has 0 aromatic heterocycles. The van der Waals surface area contributed by atoms with Crippen molar-refractivity contribution in [3.8, 4) is 0 Å². The summed E-state index contributed by atoms with van der Waals surface area (Å²) in [6, 6.07) is 5.91. The van der Waals surface area contributed by atoms with E-state index in [0.29, 0.717) is 0 Å². The maximum atomic E-state index is 11.7. The molecule has 0 fully saturated rings. The molecule has 0 radical (unpaired) electrons. The molecule has 1 atom stereocenters. The van der Waals surface area contributed by atoms with Crippen LogP contribution in [0.4, 0.5) is 0 Å². The van der Waals surface area contributed by atoms with E-state index in [9.17, 15) is 4.21 Å². The van der Waals surface area contributed by atoms with Crippen LogP contribution in [0.25, 0.3) is 0 Å². The highest BCUT2D eigenvalue weighted by Crippen LogP contribution is 2.18. The predicted octanol–water partition coefficient (Wildman–Crippen LogP) is 3.03. The Morgan fingerprint density at radius 1 is 1.14 bits per heavy atom. The van der Waals surface area contributed by atoms with Crippen molar-refractivity contribution in [1.29, 1.82) is 0 Å². The van der Waals surface area contributed by atoms with Gasteiger partial charge in [-0.05, 0) is 40.4 Å². The lowest BCUT2D eigenvalue weighted by molar-refractivity contribution is 0.684. The van der Waals surface area contributed by atoms with Gasteiger partial charge in [0, 0.05) is 11.2 Å². The number of hydrogen-bond acceptors (Lipinski definition) is 1. The van der Waals surface area contributed by atoms with Gasteiger partial charge in [0.2, 0.25) is 0 Å². The molecule has 0 saturated heterocycles. The summed E-state index contributed by atoms with van der Waals surface area (Å²) in [6.45, 7) is 7.94. The smallest absolute Gasteiger partial charge is 0.0360 e. The molecule has 2 heteroatoms. The summed E-state index contributed by atoms with van der Waals surface area (Å²) >= 11 is 0. The molecule has 0 saturated carbocycles. The van der Waals surface area contributed by atoms with Gasteiger partial charge in [-0.15, -0.1) is 0 Å². The molecular formula is C12H20OS. The van der Waals surface area contributed by atoms with Crippen molar-refractivity contribution >= 4 is 15.4 Å². The first-order chi connectivity index (χ1) is 6.43. The normalized spacial score (nSPS) is 13.8. The summed E-state index contributed by atoms with van der Waals surface area (Å²) in [4.78, 5) is 0.907. The Morgan fingerprint density at radius 2 is 1.50 bits per heavy atom. The largest absolute Gasteiger partial charge is 0.263 e. The van der Waals surface area contributed by atoms with Gasteiger partial charge in [0.25, 0.3) is 0 Å². The van der Waals surface area contributed by atoms with E-state index in [2.05, 4.69) is 5.87 Å². The highest BCUT2D eigenvalue weighted by Gasteiger charge is 2.07. The molecule has 0 aliphatic rings. The average Bonchev–Trinajstić information content (AvgIpc) is 2.05. The topological polar surface area (TPSA) is 17.1 Å². The minimum atomic E-state index is -2.06. The first-order valence-corrected chi connectivity index (χ1v) is 6.95. The fraction of sp³-hybridized carbons (Fsp3) is 0.417. The van der Waals surface area contributed by atoms with Crippen LogP contribution in [0, 0.1) is 13.8 Å². The zero-order valence-electron chi connectivity index (χ0n) is 9.76. The van der Waals surface area contributed by atoms with Crippen molar-refractivity contribution < 1.29 is 4.21 Å². The maximum absolute atomic E-state index is 11.7. The molecule has 0 aliphatic carbocycles. The molecule has 0 bridgehead atoms. The Morgan fingerprint density at radius 3 is 1.71 bits per heavy atom. The summed E-state index contributed by atoms with van der Waals surface area (Å²) < 4.78 is 11.7. The van der Waals surface area contributed by atoms with Gasteiger partial charge >= 0.3 is 0 Å². The summed E-state index contributed by atoms with van der Waals surface area (Å²) in [5, 5.41) is 0. The quantitative estimate of drug-likeness (QED) is 0.654. The first-order valence-electron chi connectivity index (χ1n) is 4.81. The lowest BCUT2D eigenvalue weighted by Crippen LogP contribution is -2.01. The predicted molar refractivity (Wildman–Crippen MR) is 66.7 cm³/mol. The van der Waals surface area contributed by atoms with Crippen LogP contribution in [0.2, 0.25) is 0 Å². The molecule has 0 N–H and O–H groups in total. The SMILES string of the molecule is C=S(C)(=O)c1c(C)cccc1C.CC. The molecular weight excluding hydrogens is 192 g/mol. The monoisotopic (exact) mass is 212 g/mol. The summed E-state index contributed by atoms with van der Waals surface area (Å²) in [7, 11) is -2.06. The van der Waals surface area contributed by atoms with Crippen LogP contribution in [0.1, 0.15) is 25.0 Å². The fourth-order valence-electron chi connectivity index (χ4n) is 1.48. The van der Waals surface area contributed by atoms with Gasteiger partial charge in [-0.3, -0.25) is 4.21 Å². The van der Waals surface area contributed by atoms with Crippen LogP contribution in [0.15, 0.2) is 23.1 Å². The molecule has 0 aliphatic heterocycles. The van der Waals surface area contributed by atoms with Gasteiger partial charge in [0.05, 0.1) is 0 Å². The van der Waals surface area contributed by atoms with Gasteiger partial charge in [0.15, 0.2) is 0 Å². The van der Waals surface area contributed by atoms with Crippen LogP contribution < -0.4 is 0 Å². The van der Waals surface area contributed by atoms with E-state index < -0.39 is 9.52 Å². The van der Waals surface area contributed by atoms with Gasteiger partial charge in [-0.1, -0.05) is 32.0 Å². The van der Waals surface area contributed by atoms with E-state index in [1.807, 2.05) is 45.9 Å². The minimum Gasteiger partial charge on any atom is -0.263 e. The molecule has 0 spiro atoms. The summed E-state index contributed by atoms with van der Waals surface area (Å²) in [5.41, 5.74) is 2.13. The van der Waals surface area contributed by atoms with Crippen molar-refractivity contribution in [2.24, 2.45) is 0 Å². The molecule has 0 heterocycles. The van der Waals surface area contributed by atoms with Crippen molar-refractivity contribution in [3.63, 3.8) is 0 Å². The molecule has 0 amide bonds. The lowest BCUT2D eigenvalue weighted by atomic mass is 10.2. The Hall–Kier alpha value is -0.760. The Labute approximate surface area is 88.2 Å². The summed E-state index contributed by atoms with van der Waals surface area (Å²) in [5.74, 6) is 3.69. The van der Waals surface area contributed by atoms with Crippen LogP contribution in [-0.2, 0) is 9.52 Å². The van der Waals surface area contributed by atoms with E-state index in [4.69, 9.17) is 0 Å². The average molecular weight is 212 g/mol. The maximum Gasteiger partial charge on any atom is 0.0360 e. The first kappa shape index (κ1) is 13.2. The third-order valence-electron chi connectivity index (χ3n) is 1.84. The zero-order chi connectivity index (χ0) is 11.4. The van der Waals surface area contributed by atoms with Crippen LogP contribution in [0.5, 0.6) is 0 Å². The van der Waals surface area contributed by atoms with E-state index in [1.165, 1.54) is 0 Å². The van der Waals surface area contributed by atoms with Crippen molar-refractivity contribution in [1.82, 2.24) is 0 Å². The number of rotatable bonds is 1. The second-order valence-electron chi connectivity index (χ2n) is 3.23. The molecule has 1 nitrogen and oxygen atoms in total. The van der Waals surface area contributed by atoms with Crippen LogP contribution in [0.3, 0.4) is 0 Å². The Kier molecular flexibility index (Phi) is 4.92. The Balaban J connectivity index is 0.000000791. The second-order valence-corrected chi connectivity index (χ2v) is 5.64. The molecule has 80 valence electrons. The third kappa shape index (κ3) is 3.18. The van der Waals surface area contributed by atoms with Gasteiger partial charge in [-0.25, -0.2) is 0 Å². The summed E-state index contributed by atoms with van der Waals surface area (Å²) in [6.07, 6.45) is 1.68. The molecule has 1 rings (SSSR count). The van der Waals surface area contributed by atoms with E-state index in [-0.39, 0.29) is 0 Å². The number of aryl methyl sites for hydroxylation is 2. The van der Waals surface area contributed by atoms with Crippen LogP contribution in [-0.4, -0.2) is 16.3 Å². The van der Waals surface area contributed by atoms with E-state index in [1.54, 1.807) is 6.26 Å². The van der Waals surface area contributed by atoms with E-state index in [0.717, 1.165) is 16.0 Å². The highest BCUT2D eigenvalue weighted by atomic mass is 32.2. The zero-order valence-corrected chi connectivity index (χ0v) is 10.6. The van der Waals surface area contributed by atoms with Crippen molar-refractivity contribution in [2.75, 3.05) is 6.26 Å². The van der Waals surface area contributed by atoms with Crippen molar-refractivity contribution in [3.05, 3.63) is 29.3 Å².